The third-order valence-electron chi connectivity index (χ3n) is 6.93. The third kappa shape index (κ3) is 26.0. The van der Waals surface area contributed by atoms with Crippen molar-refractivity contribution in [1.82, 2.24) is 31.1 Å². The molecule has 0 aromatic rings. The molecule has 2 rings (SSSR count). The van der Waals surface area contributed by atoms with Gasteiger partial charge in [0.05, 0.1) is 26.8 Å². The summed E-state index contributed by atoms with van der Waals surface area (Å²) in [5, 5.41) is 11.3. The maximum atomic E-state index is 11.7. The molecule has 304 valence electrons. The average molecular weight is 904 g/mol. The zero-order valence-electron chi connectivity index (χ0n) is 27.8. The first-order valence-electron chi connectivity index (χ1n) is 15.5. The van der Waals surface area contributed by atoms with Gasteiger partial charge in [-0.15, -0.1) is 0 Å². The van der Waals surface area contributed by atoms with Crippen molar-refractivity contribution in [3.8, 4) is 0 Å². The molecule has 15 nitrogen and oxygen atoms in total. The summed E-state index contributed by atoms with van der Waals surface area (Å²) >= 11 is 18.3. The molecule has 2 aliphatic heterocycles. The molecule has 0 bridgehead atoms. The Kier molecular flexibility index (Phi) is 39.8. The van der Waals surface area contributed by atoms with E-state index in [1.54, 1.807) is 7.05 Å². The Bertz CT molecular complexity index is 1320. The minimum atomic E-state index is -0.392. The molecule has 0 aliphatic carbocycles. The van der Waals surface area contributed by atoms with Gasteiger partial charge in [0.1, 0.15) is 0 Å². The Hall–Kier alpha value is -2.00. The fraction of sp³-hybridized carbons (Fsp3) is 0.613. The van der Waals surface area contributed by atoms with E-state index in [4.69, 9.17) is 29.3 Å². The Labute approximate surface area is 345 Å². The largest absolute Gasteiger partial charge is 0.356 e. The van der Waals surface area contributed by atoms with Crippen LogP contribution in [0.25, 0.3) is 0 Å². The van der Waals surface area contributed by atoms with Crippen LogP contribution in [0, 0.1) is 0 Å². The highest BCUT2D eigenvalue weighted by Gasteiger charge is 2.24. The summed E-state index contributed by atoms with van der Waals surface area (Å²) in [7, 11) is 4.08. The number of rotatable bonds is 24. The van der Waals surface area contributed by atoms with E-state index in [1.165, 1.54) is 24.3 Å². The maximum absolute atomic E-state index is 11.7. The number of nitrogens with one attached hydrogen (secondary N) is 4. The fourth-order valence-electron chi connectivity index (χ4n) is 4.28. The van der Waals surface area contributed by atoms with E-state index >= 15 is 0 Å². The molecule has 0 unspecified atom stereocenters. The molecular weight excluding hydrogens is 851 g/mol. The van der Waals surface area contributed by atoms with Crippen LogP contribution in [0.2, 0.25) is 0 Å². The summed E-state index contributed by atoms with van der Waals surface area (Å²) in [5.74, 6) is -1.98. The second-order valence-corrected chi connectivity index (χ2v) is 16.9. The van der Waals surface area contributed by atoms with Crippen molar-refractivity contribution in [3.05, 3.63) is 24.3 Å². The minimum Gasteiger partial charge on any atom is -0.356 e. The first kappa shape index (κ1) is 58.7. The molecule has 0 fully saturated rings. The summed E-state index contributed by atoms with van der Waals surface area (Å²) in [4.78, 5) is 93.7. The van der Waals surface area contributed by atoms with Crippen LogP contribution in [-0.2, 0) is 85.6 Å². The Balaban J connectivity index is -0.000000400. The molecule has 0 radical (unpaired) electrons. The highest BCUT2D eigenvalue weighted by molar-refractivity contribution is 8.40. The van der Waals surface area contributed by atoms with Gasteiger partial charge in [0, 0.05) is 84.1 Å². The summed E-state index contributed by atoms with van der Waals surface area (Å²) in [5.41, 5.74) is 5.29. The normalized spacial score (nSPS) is 13.9. The van der Waals surface area contributed by atoms with Crippen LogP contribution in [0.4, 0.5) is 0 Å². The van der Waals surface area contributed by atoms with Gasteiger partial charge < -0.3 is 21.7 Å². The first-order valence-corrected chi connectivity index (χ1v) is 23.8. The van der Waals surface area contributed by atoms with Crippen LogP contribution in [-0.4, -0.2) is 108 Å². The van der Waals surface area contributed by atoms with Gasteiger partial charge in [0.2, 0.25) is 22.9 Å². The number of carbonyl (C=O) groups excluding carboxylic acids is 8. The average Bonchev–Trinajstić information content (AvgIpc) is 3.63. The molecule has 0 aromatic heterocycles. The van der Waals surface area contributed by atoms with Crippen LogP contribution < -0.4 is 27.0 Å². The number of nitrogens with zero attached hydrogens (tertiary/aromatic N) is 2. The van der Waals surface area contributed by atoms with E-state index in [2.05, 4.69) is 44.9 Å². The number of imide groups is 2. The Morgan fingerprint density at radius 2 is 1.00 bits per heavy atom. The smallest absolute Gasteiger partial charge is 0.253 e. The van der Waals surface area contributed by atoms with E-state index in [0.717, 1.165) is 43.2 Å². The van der Waals surface area contributed by atoms with Gasteiger partial charge in [0.25, 0.3) is 23.6 Å². The molecule has 0 saturated carbocycles. The number of unbranched alkanes of at least 4 members (excludes halogenated alkanes) is 2. The van der Waals surface area contributed by atoms with Crippen LogP contribution in [0.3, 0.4) is 0 Å². The SMILES string of the molecule is C.C.C.CN[C@@H](CCCCNC(=O)CCN1C(=O)C=CC1=O)C(=O)P=S.NCN[C@@H](CCCCNC(=O)CCN1C(=O)C=CC1=O)C(=O)P=S.S=PP=S. The van der Waals surface area contributed by atoms with Crippen molar-refractivity contribution in [1.29, 1.82) is 0 Å². The van der Waals surface area contributed by atoms with Crippen molar-refractivity contribution in [2.45, 2.75) is 85.7 Å². The number of hydrogen-bond acceptors (Lipinski definition) is 15. The Morgan fingerprint density at radius 3 is 1.31 bits per heavy atom. The van der Waals surface area contributed by atoms with Crippen LogP contribution in [0.15, 0.2) is 24.3 Å². The van der Waals surface area contributed by atoms with Crippen LogP contribution in [0.5, 0.6) is 0 Å². The quantitative estimate of drug-likeness (QED) is 0.0407. The molecule has 2 heterocycles. The standard InChI is InChI=1S/C14H21N4O4PS.C14H20N3O4PS.3CH4.P2S2/c15-9-17-10(14(22)23-24)3-1-2-7-16-11(19)6-8-18-12(20)4-5-13(18)21;1-15-10(14(21)22-23)4-2-3-8-16-11(18)7-9-17-12(19)5-6-13(17)20;;;;3-1-2-4/h4-5,10,17H,1-3,6-9,15H2,(H,16,19);5-6,10,15H,2-4,7-9H2,1H3,(H,16,18);3*1H4;/t2*10-;;;;/m00..../s1. The van der Waals surface area contributed by atoms with Gasteiger partial charge in [-0.1, -0.05) is 22.3 Å². The number of nitrogens with two attached hydrogens (primary N) is 1. The van der Waals surface area contributed by atoms with Crippen LogP contribution >= 0.6 is 28.8 Å². The van der Waals surface area contributed by atoms with Crippen LogP contribution in [0.1, 0.15) is 73.6 Å². The van der Waals surface area contributed by atoms with Crippen molar-refractivity contribution in [2.24, 2.45) is 5.73 Å². The van der Waals surface area contributed by atoms with E-state index in [-0.39, 0.29) is 109 Å². The van der Waals surface area contributed by atoms with E-state index in [0.29, 0.717) is 39.7 Å². The lowest BCUT2D eigenvalue weighted by Crippen LogP contribution is -2.38. The Morgan fingerprint density at radius 1 is 0.648 bits per heavy atom. The molecule has 0 spiro atoms. The molecule has 2 aliphatic rings. The van der Waals surface area contributed by atoms with E-state index in [9.17, 15) is 38.4 Å². The lowest BCUT2D eigenvalue weighted by Gasteiger charge is -2.14. The summed E-state index contributed by atoms with van der Waals surface area (Å²) in [6.07, 6.45) is 9.20. The molecule has 54 heavy (non-hydrogen) atoms. The first-order chi connectivity index (χ1) is 24.4. The number of likely N-dealkylation sites (N-methyl/N-ethyl adjacent to an activating group) is 1. The molecule has 6 amide bonds. The van der Waals surface area contributed by atoms with Gasteiger partial charge in [-0.3, -0.25) is 53.5 Å². The van der Waals surface area contributed by atoms with Gasteiger partial charge in [-0.25, -0.2) is 0 Å². The summed E-state index contributed by atoms with van der Waals surface area (Å²) < 4.78 is 0. The van der Waals surface area contributed by atoms with Crippen molar-refractivity contribution in [2.75, 3.05) is 39.9 Å². The number of hydrogen-bond donors (Lipinski definition) is 5. The second-order valence-electron chi connectivity index (χ2n) is 10.3. The molecule has 0 aromatic carbocycles. The molecule has 0 saturated heterocycles. The molecule has 23 heteroatoms. The van der Waals surface area contributed by atoms with Gasteiger partial charge >= 0.3 is 0 Å². The summed E-state index contributed by atoms with van der Waals surface area (Å²) in [6, 6.07) is -0.575. The van der Waals surface area contributed by atoms with E-state index < -0.39 is 11.8 Å². The molecule has 2 atom stereocenters. The zero-order chi connectivity index (χ0) is 38.6. The summed E-state index contributed by atoms with van der Waals surface area (Å²) in [6.45, 7) is 1.33. The lowest BCUT2D eigenvalue weighted by atomic mass is 10.1. The van der Waals surface area contributed by atoms with Gasteiger partial charge in [0.15, 0.2) is 0 Å². The molecule has 6 N–H and O–H groups in total. The van der Waals surface area contributed by atoms with Crippen molar-refractivity contribution >= 4 is 123 Å². The lowest BCUT2D eigenvalue weighted by molar-refractivity contribution is -0.139. The third-order valence-corrected chi connectivity index (χ3v) is 11.7. The fourth-order valence-corrected chi connectivity index (χ4v) is 5.78. The predicted molar refractivity (Wildman–Crippen MR) is 231 cm³/mol. The highest BCUT2D eigenvalue weighted by atomic mass is 32.7. The predicted octanol–water partition coefficient (Wildman–Crippen LogP) is 3.13. The van der Waals surface area contributed by atoms with E-state index in [1.807, 2.05) is 0 Å². The minimum absolute atomic E-state index is 0. The monoisotopic (exact) mass is 903 g/mol. The number of carbonyl (C=O) groups is 8. The van der Waals surface area contributed by atoms with Gasteiger partial charge in [-0.05, 0) is 92.8 Å². The van der Waals surface area contributed by atoms with Crippen molar-refractivity contribution in [3.63, 3.8) is 0 Å². The topological polar surface area (TPSA) is 217 Å². The molecular formula is C31H53N7O8P4S4. The zero-order valence-corrected chi connectivity index (χ0v) is 34.7. The maximum Gasteiger partial charge on any atom is 0.253 e. The van der Waals surface area contributed by atoms with Gasteiger partial charge in [-0.2, -0.15) is 0 Å². The highest BCUT2D eigenvalue weighted by Crippen LogP contribution is 2.11. The van der Waals surface area contributed by atoms with Crippen molar-refractivity contribution < 1.29 is 38.4 Å². The number of amides is 6. The second kappa shape index (κ2) is 36.6.